The van der Waals surface area contributed by atoms with Crippen molar-refractivity contribution in [3.05, 3.63) is 71.6 Å². The summed E-state index contributed by atoms with van der Waals surface area (Å²) in [5, 5.41) is 0.758. The third kappa shape index (κ3) is 7.46. The summed E-state index contributed by atoms with van der Waals surface area (Å²) in [4.78, 5) is 16.4. The number of anilines is 1. The quantitative estimate of drug-likeness (QED) is 0.462. The van der Waals surface area contributed by atoms with Gasteiger partial charge in [-0.3, -0.25) is 4.90 Å². The third-order valence-corrected chi connectivity index (χ3v) is 9.93. The van der Waals surface area contributed by atoms with Gasteiger partial charge in [0.05, 0.1) is 30.2 Å². The van der Waals surface area contributed by atoms with Crippen LogP contribution in [0.4, 0.5) is 23.7 Å². The Hall–Kier alpha value is -2.98. The summed E-state index contributed by atoms with van der Waals surface area (Å²) in [5.74, 6) is 0. The normalized spacial score (nSPS) is 18.8. The molecule has 2 amide bonds. The summed E-state index contributed by atoms with van der Waals surface area (Å²) in [6, 6.07) is 9.20. The number of rotatable bonds is 9. The Morgan fingerprint density at radius 1 is 1.02 bits per heavy atom. The van der Waals surface area contributed by atoms with E-state index in [1.54, 1.807) is 4.90 Å². The fraction of sp³-hybridized carbons (Fsp3) is 0.423. The summed E-state index contributed by atoms with van der Waals surface area (Å²) in [5.41, 5.74) is 0.00891. The molecule has 0 radical (unpaired) electrons. The van der Waals surface area contributed by atoms with Crippen molar-refractivity contribution in [2.75, 3.05) is 44.3 Å². The second-order valence-corrected chi connectivity index (χ2v) is 13.2. The summed E-state index contributed by atoms with van der Waals surface area (Å²) in [6.07, 6.45) is -3.45. The molecule has 2 saturated heterocycles. The van der Waals surface area contributed by atoms with Gasteiger partial charge in [-0.25, -0.2) is 26.4 Å². The lowest BCUT2D eigenvalue weighted by atomic mass is 10.1. The van der Waals surface area contributed by atoms with Crippen LogP contribution in [0.5, 0.6) is 0 Å². The minimum absolute atomic E-state index is 0.0342. The predicted molar refractivity (Wildman–Crippen MR) is 146 cm³/mol. The minimum atomic E-state index is -4.49. The van der Waals surface area contributed by atoms with E-state index in [1.165, 1.54) is 45.6 Å². The maximum absolute atomic E-state index is 13.5. The van der Waals surface area contributed by atoms with Crippen LogP contribution in [0.3, 0.4) is 0 Å². The second kappa shape index (κ2) is 12.5. The van der Waals surface area contributed by atoms with E-state index in [-0.39, 0.29) is 24.5 Å². The lowest BCUT2D eigenvalue weighted by Crippen LogP contribution is -2.48. The molecule has 2 aromatic rings. The van der Waals surface area contributed by atoms with Crippen molar-refractivity contribution in [3.63, 3.8) is 0 Å². The number of benzene rings is 2. The average Bonchev–Trinajstić information content (AvgIpc) is 3.45. The fourth-order valence-electron chi connectivity index (χ4n) is 4.71. The zero-order chi connectivity index (χ0) is 29.8. The predicted octanol–water partition coefficient (Wildman–Crippen LogP) is 3.38. The van der Waals surface area contributed by atoms with Crippen LogP contribution in [0.2, 0.25) is 0 Å². The summed E-state index contributed by atoms with van der Waals surface area (Å²) in [7, 11) is -7.71. The summed E-state index contributed by atoms with van der Waals surface area (Å²) < 4.78 is 98.4. The molecule has 41 heavy (non-hydrogen) atoms. The number of carbonyl (C=O) groups excluding carboxylic acids is 1. The maximum atomic E-state index is 13.5. The number of sulfonamides is 2. The van der Waals surface area contributed by atoms with Gasteiger partial charge < -0.3 is 9.64 Å². The molecule has 2 aromatic carbocycles. The number of amides is 2. The van der Waals surface area contributed by atoms with Gasteiger partial charge >= 0.3 is 12.2 Å². The van der Waals surface area contributed by atoms with Gasteiger partial charge in [-0.15, -0.1) is 0 Å². The lowest BCUT2D eigenvalue weighted by Gasteiger charge is -2.33. The molecule has 10 nitrogen and oxygen atoms in total. The van der Waals surface area contributed by atoms with Crippen molar-refractivity contribution in [3.8, 4) is 0 Å². The first kappa shape index (κ1) is 31.0. The van der Waals surface area contributed by atoms with E-state index in [0.29, 0.717) is 50.4 Å². The van der Waals surface area contributed by atoms with E-state index < -0.39 is 43.9 Å². The van der Waals surface area contributed by atoms with Gasteiger partial charge in [0.15, 0.2) is 0 Å². The van der Waals surface area contributed by atoms with Gasteiger partial charge in [-0.1, -0.05) is 18.7 Å². The van der Waals surface area contributed by atoms with E-state index in [1.807, 2.05) is 0 Å². The molecule has 0 aromatic heterocycles. The van der Waals surface area contributed by atoms with E-state index in [0.717, 1.165) is 17.5 Å². The number of hydrogen-bond acceptors (Lipinski definition) is 6. The van der Waals surface area contributed by atoms with E-state index in [2.05, 4.69) is 11.3 Å². The number of urea groups is 1. The molecule has 0 aliphatic carbocycles. The van der Waals surface area contributed by atoms with Crippen LogP contribution in [0.1, 0.15) is 24.0 Å². The molecule has 4 rings (SSSR count). The molecule has 0 unspecified atom stereocenters. The van der Waals surface area contributed by atoms with Gasteiger partial charge in [0, 0.05) is 43.3 Å². The number of ether oxygens (including phenoxy) is 1. The van der Waals surface area contributed by atoms with Crippen molar-refractivity contribution in [1.82, 2.24) is 13.9 Å². The van der Waals surface area contributed by atoms with E-state index in [4.69, 9.17) is 4.74 Å². The molecule has 2 heterocycles. The Kier molecular flexibility index (Phi) is 9.43. The zero-order valence-corrected chi connectivity index (χ0v) is 23.7. The van der Waals surface area contributed by atoms with E-state index >= 15 is 0 Å². The third-order valence-electron chi connectivity index (χ3n) is 6.95. The van der Waals surface area contributed by atoms with E-state index in [9.17, 15) is 34.8 Å². The van der Waals surface area contributed by atoms with Crippen molar-refractivity contribution >= 4 is 31.8 Å². The van der Waals surface area contributed by atoms with Gasteiger partial charge in [0.25, 0.3) is 0 Å². The summed E-state index contributed by atoms with van der Waals surface area (Å²) in [6.45, 7) is 4.67. The molecule has 0 spiro atoms. The molecule has 2 aliphatic heterocycles. The standard InChI is InChI=1S/C26H31F3N4O6S2/c1-2-40(35,36)30-18-23-4-3-13-33(23)41(37,38)24-11-9-22(10-12-24)32(25(34)31-14-16-39-17-15-31)19-20-5-7-21(8-6-20)26(27,28)29/h2,5-12,23,30H,1,3-4,13-19H2/t23-/m1/s1. The number of alkyl halides is 3. The van der Waals surface area contributed by atoms with Crippen molar-refractivity contribution < 1.29 is 39.5 Å². The highest BCUT2D eigenvalue weighted by Gasteiger charge is 2.36. The molecule has 1 N–H and O–H groups in total. The Bertz CT molecular complexity index is 1440. The Morgan fingerprint density at radius 2 is 1.66 bits per heavy atom. The Balaban J connectivity index is 1.57. The molecule has 224 valence electrons. The first-order chi connectivity index (χ1) is 19.3. The topological polar surface area (TPSA) is 116 Å². The molecule has 1 atom stereocenters. The maximum Gasteiger partial charge on any atom is 0.416 e. The van der Waals surface area contributed by atoms with Crippen LogP contribution in [-0.2, 0) is 37.5 Å². The lowest BCUT2D eigenvalue weighted by molar-refractivity contribution is -0.137. The van der Waals surface area contributed by atoms with Gasteiger partial charge in [-0.05, 0) is 54.8 Å². The smallest absolute Gasteiger partial charge is 0.378 e. The molecule has 0 bridgehead atoms. The van der Waals surface area contributed by atoms with Crippen LogP contribution < -0.4 is 9.62 Å². The zero-order valence-electron chi connectivity index (χ0n) is 22.1. The van der Waals surface area contributed by atoms with Crippen LogP contribution in [0.25, 0.3) is 0 Å². The minimum Gasteiger partial charge on any atom is -0.378 e. The average molecular weight is 617 g/mol. The monoisotopic (exact) mass is 616 g/mol. The number of nitrogens with zero attached hydrogens (tertiary/aromatic N) is 3. The number of halogens is 3. The Morgan fingerprint density at radius 3 is 2.24 bits per heavy atom. The van der Waals surface area contributed by atoms with Gasteiger partial charge in [0.2, 0.25) is 20.0 Å². The van der Waals surface area contributed by atoms with Crippen LogP contribution >= 0.6 is 0 Å². The van der Waals surface area contributed by atoms with Crippen LogP contribution in [0.15, 0.2) is 65.4 Å². The molecule has 2 aliphatic rings. The van der Waals surface area contributed by atoms with Crippen LogP contribution in [0, 0.1) is 0 Å². The molecule has 2 fully saturated rings. The van der Waals surface area contributed by atoms with Crippen molar-refractivity contribution in [2.24, 2.45) is 0 Å². The molecule has 15 heteroatoms. The van der Waals surface area contributed by atoms with Crippen molar-refractivity contribution in [1.29, 1.82) is 0 Å². The highest BCUT2D eigenvalue weighted by Crippen LogP contribution is 2.31. The Labute approximate surface area is 237 Å². The number of nitrogens with one attached hydrogen (secondary N) is 1. The largest absolute Gasteiger partial charge is 0.416 e. The first-order valence-corrected chi connectivity index (χ1v) is 15.8. The molecule has 0 saturated carbocycles. The summed E-state index contributed by atoms with van der Waals surface area (Å²) >= 11 is 0. The number of carbonyl (C=O) groups is 1. The number of hydrogen-bond donors (Lipinski definition) is 1. The number of morpholine rings is 1. The SMILES string of the molecule is C=CS(=O)(=O)NC[C@H]1CCCN1S(=O)(=O)c1ccc(N(Cc2ccc(C(F)(F)F)cc2)C(=O)N2CCOCC2)cc1. The first-order valence-electron chi connectivity index (χ1n) is 12.9. The van der Waals surface area contributed by atoms with Gasteiger partial charge in [0.1, 0.15) is 0 Å². The second-order valence-electron chi connectivity index (χ2n) is 9.63. The van der Waals surface area contributed by atoms with Crippen LogP contribution in [-0.4, -0.2) is 77.5 Å². The van der Waals surface area contributed by atoms with Gasteiger partial charge in [-0.2, -0.15) is 17.5 Å². The molecular weight excluding hydrogens is 585 g/mol. The highest BCUT2D eigenvalue weighted by molar-refractivity contribution is 7.92. The fourth-order valence-corrected chi connectivity index (χ4v) is 6.95. The highest BCUT2D eigenvalue weighted by atomic mass is 32.2. The molecular formula is C26H31F3N4O6S2. The van der Waals surface area contributed by atoms with Crippen molar-refractivity contribution in [2.45, 2.75) is 36.5 Å².